The molecular weight excluding hydrogens is 218 g/mol. The van der Waals surface area contributed by atoms with Gasteiger partial charge in [0.2, 0.25) is 5.91 Å². The number of methoxy groups -OCH3 is 1. The van der Waals surface area contributed by atoms with Crippen LogP contribution >= 0.6 is 0 Å². The third kappa shape index (κ3) is 2.64. The van der Waals surface area contributed by atoms with Gasteiger partial charge in [-0.05, 0) is 36.6 Å². The number of nitrogens with one attached hydrogen (secondary N) is 1. The number of amides is 1. The second-order valence-corrected chi connectivity index (χ2v) is 4.38. The molecule has 1 aromatic carbocycles. The topological polar surface area (TPSA) is 55.4 Å². The zero-order valence-corrected chi connectivity index (χ0v) is 9.90. The zero-order chi connectivity index (χ0) is 12.4. The highest BCUT2D eigenvalue weighted by Gasteiger charge is 2.38. The van der Waals surface area contributed by atoms with Gasteiger partial charge >= 0.3 is 5.97 Å². The van der Waals surface area contributed by atoms with Crippen LogP contribution in [0.25, 0.3) is 0 Å². The monoisotopic (exact) mass is 233 g/mol. The summed E-state index contributed by atoms with van der Waals surface area (Å²) in [5, 5.41) is 2.83. The Balaban J connectivity index is 1.98. The highest BCUT2D eigenvalue weighted by Crippen LogP contribution is 2.38. The first-order chi connectivity index (χ1) is 8.11. The van der Waals surface area contributed by atoms with E-state index in [4.69, 9.17) is 0 Å². The van der Waals surface area contributed by atoms with Crippen molar-refractivity contribution in [2.24, 2.45) is 11.8 Å². The number of hydrogen-bond acceptors (Lipinski definition) is 3. The number of rotatable bonds is 3. The summed E-state index contributed by atoms with van der Waals surface area (Å²) < 4.78 is 4.59. The smallest absolute Gasteiger partial charge is 0.337 e. The van der Waals surface area contributed by atoms with Crippen LogP contribution in [0.2, 0.25) is 0 Å². The summed E-state index contributed by atoms with van der Waals surface area (Å²) in [6, 6.07) is 6.68. The van der Waals surface area contributed by atoms with Crippen molar-refractivity contribution < 1.29 is 14.3 Å². The lowest BCUT2D eigenvalue weighted by Crippen LogP contribution is -2.14. The van der Waals surface area contributed by atoms with Gasteiger partial charge in [0, 0.05) is 11.6 Å². The Morgan fingerprint density at radius 2 is 1.88 bits per heavy atom. The van der Waals surface area contributed by atoms with Crippen molar-refractivity contribution in [2.45, 2.75) is 13.3 Å². The van der Waals surface area contributed by atoms with Crippen molar-refractivity contribution in [3.63, 3.8) is 0 Å². The summed E-state index contributed by atoms with van der Waals surface area (Å²) in [5.41, 5.74) is 1.19. The van der Waals surface area contributed by atoms with E-state index in [0.717, 1.165) is 6.42 Å². The largest absolute Gasteiger partial charge is 0.465 e. The van der Waals surface area contributed by atoms with E-state index in [-0.39, 0.29) is 17.8 Å². The molecule has 4 nitrogen and oxygen atoms in total. The van der Waals surface area contributed by atoms with Gasteiger partial charge in [-0.25, -0.2) is 4.79 Å². The minimum absolute atomic E-state index is 0.0586. The van der Waals surface area contributed by atoms with Gasteiger partial charge in [-0.1, -0.05) is 6.92 Å². The van der Waals surface area contributed by atoms with Crippen LogP contribution < -0.4 is 5.32 Å². The standard InChI is InChI=1S/C13H15NO3/c1-8-7-11(8)12(15)14-10-5-3-9(4-6-10)13(16)17-2/h3-6,8,11H,7H2,1-2H3,(H,14,15). The van der Waals surface area contributed by atoms with Gasteiger partial charge in [-0.2, -0.15) is 0 Å². The molecule has 1 fully saturated rings. The fourth-order valence-electron chi connectivity index (χ4n) is 1.73. The second-order valence-electron chi connectivity index (χ2n) is 4.38. The second kappa shape index (κ2) is 4.57. The first-order valence-corrected chi connectivity index (χ1v) is 5.61. The van der Waals surface area contributed by atoms with Crippen LogP contribution in [-0.4, -0.2) is 19.0 Å². The average molecular weight is 233 g/mol. The number of ether oxygens (including phenoxy) is 1. The summed E-state index contributed by atoms with van der Waals surface area (Å²) in [4.78, 5) is 22.9. The third-order valence-corrected chi connectivity index (χ3v) is 3.02. The van der Waals surface area contributed by atoms with Gasteiger partial charge in [0.25, 0.3) is 0 Å². The van der Waals surface area contributed by atoms with Crippen molar-refractivity contribution in [3.8, 4) is 0 Å². The number of anilines is 1. The van der Waals surface area contributed by atoms with Gasteiger partial charge in [0.15, 0.2) is 0 Å². The SMILES string of the molecule is COC(=O)c1ccc(NC(=O)C2CC2C)cc1. The molecule has 0 saturated heterocycles. The zero-order valence-electron chi connectivity index (χ0n) is 9.90. The predicted molar refractivity (Wildman–Crippen MR) is 63.7 cm³/mol. The van der Waals surface area contributed by atoms with Gasteiger partial charge in [-0.15, -0.1) is 0 Å². The van der Waals surface area contributed by atoms with Gasteiger partial charge in [0.05, 0.1) is 12.7 Å². The van der Waals surface area contributed by atoms with Crippen LogP contribution in [-0.2, 0) is 9.53 Å². The van der Waals surface area contributed by atoms with Crippen molar-refractivity contribution in [1.29, 1.82) is 0 Å². The molecule has 90 valence electrons. The maximum atomic E-state index is 11.7. The molecular formula is C13H15NO3. The Labute approximate surface area is 100.0 Å². The molecule has 0 bridgehead atoms. The van der Waals surface area contributed by atoms with E-state index in [2.05, 4.69) is 17.0 Å². The van der Waals surface area contributed by atoms with E-state index in [1.807, 2.05) is 0 Å². The van der Waals surface area contributed by atoms with Crippen LogP contribution in [0.3, 0.4) is 0 Å². The van der Waals surface area contributed by atoms with E-state index in [0.29, 0.717) is 17.2 Å². The lowest BCUT2D eigenvalue weighted by Gasteiger charge is -2.05. The molecule has 17 heavy (non-hydrogen) atoms. The molecule has 1 saturated carbocycles. The lowest BCUT2D eigenvalue weighted by atomic mass is 10.2. The minimum atomic E-state index is -0.376. The Morgan fingerprint density at radius 3 is 2.35 bits per heavy atom. The average Bonchev–Trinajstić information content (AvgIpc) is 3.06. The summed E-state index contributed by atoms with van der Waals surface area (Å²) in [6.45, 7) is 2.06. The Hall–Kier alpha value is -1.84. The van der Waals surface area contributed by atoms with Crippen molar-refractivity contribution >= 4 is 17.6 Å². The molecule has 1 aromatic rings. The number of carbonyl (C=O) groups excluding carboxylic acids is 2. The van der Waals surface area contributed by atoms with E-state index >= 15 is 0 Å². The fraction of sp³-hybridized carbons (Fsp3) is 0.385. The molecule has 1 amide bonds. The number of benzene rings is 1. The van der Waals surface area contributed by atoms with Crippen molar-refractivity contribution in [1.82, 2.24) is 0 Å². The highest BCUT2D eigenvalue weighted by molar-refractivity contribution is 5.95. The summed E-state index contributed by atoms with van der Waals surface area (Å²) in [6.07, 6.45) is 0.964. The molecule has 1 N–H and O–H groups in total. The molecule has 1 aliphatic carbocycles. The first kappa shape index (κ1) is 11.6. The summed E-state index contributed by atoms with van der Waals surface area (Å²) in [7, 11) is 1.34. The molecule has 2 unspecified atom stereocenters. The van der Waals surface area contributed by atoms with Crippen molar-refractivity contribution in [3.05, 3.63) is 29.8 Å². The van der Waals surface area contributed by atoms with Gasteiger partial charge < -0.3 is 10.1 Å². The van der Waals surface area contributed by atoms with Gasteiger partial charge in [0.1, 0.15) is 0 Å². The molecule has 0 aromatic heterocycles. The van der Waals surface area contributed by atoms with E-state index in [9.17, 15) is 9.59 Å². The van der Waals surface area contributed by atoms with E-state index in [1.165, 1.54) is 7.11 Å². The van der Waals surface area contributed by atoms with Crippen LogP contribution in [0, 0.1) is 11.8 Å². The minimum Gasteiger partial charge on any atom is -0.465 e. The molecule has 0 spiro atoms. The van der Waals surface area contributed by atoms with Crippen LogP contribution in [0.5, 0.6) is 0 Å². The highest BCUT2D eigenvalue weighted by atomic mass is 16.5. The fourth-order valence-corrected chi connectivity index (χ4v) is 1.73. The molecule has 0 aliphatic heterocycles. The molecule has 0 heterocycles. The Morgan fingerprint density at radius 1 is 1.29 bits per heavy atom. The Kier molecular flexibility index (Phi) is 3.13. The van der Waals surface area contributed by atoms with E-state index < -0.39 is 0 Å². The quantitative estimate of drug-likeness (QED) is 0.813. The third-order valence-electron chi connectivity index (χ3n) is 3.02. The van der Waals surface area contributed by atoms with Crippen molar-refractivity contribution in [2.75, 3.05) is 12.4 Å². The first-order valence-electron chi connectivity index (χ1n) is 5.61. The maximum Gasteiger partial charge on any atom is 0.337 e. The molecule has 2 atom stereocenters. The summed E-state index contributed by atoms with van der Waals surface area (Å²) >= 11 is 0. The molecule has 4 heteroatoms. The number of esters is 1. The van der Waals surface area contributed by atoms with Crippen LogP contribution in [0.15, 0.2) is 24.3 Å². The van der Waals surface area contributed by atoms with E-state index in [1.54, 1.807) is 24.3 Å². The maximum absolute atomic E-state index is 11.7. The molecule has 2 rings (SSSR count). The summed E-state index contributed by atoms with van der Waals surface area (Å²) in [5.74, 6) is 0.321. The van der Waals surface area contributed by atoms with Gasteiger partial charge in [-0.3, -0.25) is 4.79 Å². The number of carbonyl (C=O) groups is 2. The Bertz CT molecular complexity index is 438. The lowest BCUT2D eigenvalue weighted by molar-refractivity contribution is -0.117. The predicted octanol–water partition coefficient (Wildman–Crippen LogP) is 2.07. The number of hydrogen-bond donors (Lipinski definition) is 1. The van der Waals surface area contributed by atoms with Crippen LogP contribution in [0.1, 0.15) is 23.7 Å². The molecule has 0 radical (unpaired) electrons. The van der Waals surface area contributed by atoms with Crippen LogP contribution in [0.4, 0.5) is 5.69 Å². The normalized spacial score (nSPS) is 21.8. The molecule has 1 aliphatic rings.